The molecular weight excluding hydrogens is 318 g/mol. The summed E-state index contributed by atoms with van der Waals surface area (Å²) in [6, 6.07) is 15.3. The van der Waals surface area contributed by atoms with E-state index in [1.54, 1.807) is 11.8 Å². The minimum absolute atomic E-state index is 0.131. The number of hydrogen-bond donors (Lipinski definition) is 0. The molecule has 0 saturated carbocycles. The Balaban J connectivity index is 1.62. The van der Waals surface area contributed by atoms with Crippen molar-refractivity contribution < 1.29 is 14.1 Å². The molecule has 126 valence electrons. The Morgan fingerprint density at radius 2 is 1.88 bits per heavy atom. The molecule has 3 aromatic rings. The summed E-state index contributed by atoms with van der Waals surface area (Å²) in [6.07, 6.45) is -0.547. The average Bonchev–Trinajstić information content (AvgIpc) is 3.08. The molecule has 1 aliphatic heterocycles. The van der Waals surface area contributed by atoms with Gasteiger partial charge in [0, 0.05) is 5.56 Å². The van der Waals surface area contributed by atoms with Crippen LogP contribution in [0, 0.1) is 6.92 Å². The van der Waals surface area contributed by atoms with E-state index in [1.165, 1.54) is 0 Å². The lowest BCUT2D eigenvalue weighted by Crippen LogP contribution is -2.44. The van der Waals surface area contributed by atoms with E-state index in [-0.39, 0.29) is 12.5 Å². The number of ether oxygens (including phenoxy) is 1. The third-order valence-electron chi connectivity index (χ3n) is 4.14. The van der Waals surface area contributed by atoms with Crippen LogP contribution in [0.5, 0.6) is 5.75 Å². The molecule has 2 aromatic carbocycles. The van der Waals surface area contributed by atoms with E-state index in [2.05, 4.69) is 10.1 Å². The summed E-state index contributed by atoms with van der Waals surface area (Å²) in [4.78, 5) is 18.6. The van der Waals surface area contributed by atoms with Gasteiger partial charge >= 0.3 is 0 Å². The molecule has 0 unspecified atom stereocenters. The number of carbonyl (C=O) groups is 1. The van der Waals surface area contributed by atoms with Crippen molar-refractivity contribution in [1.82, 2.24) is 10.1 Å². The Labute approximate surface area is 145 Å². The van der Waals surface area contributed by atoms with Crippen LogP contribution in [0.2, 0.25) is 0 Å². The first-order valence-electron chi connectivity index (χ1n) is 8.08. The van der Waals surface area contributed by atoms with Crippen LogP contribution in [0.4, 0.5) is 5.69 Å². The van der Waals surface area contributed by atoms with Gasteiger partial charge in [0.1, 0.15) is 12.3 Å². The molecule has 0 radical (unpaired) electrons. The van der Waals surface area contributed by atoms with Crippen LogP contribution >= 0.6 is 0 Å². The zero-order valence-corrected chi connectivity index (χ0v) is 14.0. The summed E-state index contributed by atoms with van der Waals surface area (Å²) in [5.74, 6) is 1.44. The first-order valence-corrected chi connectivity index (χ1v) is 8.08. The molecule has 1 aliphatic rings. The first-order chi connectivity index (χ1) is 12.1. The second-order valence-corrected chi connectivity index (χ2v) is 6.03. The van der Waals surface area contributed by atoms with Crippen molar-refractivity contribution in [1.29, 1.82) is 0 Å². The summed E-state index contributed by atoms with van der Waals surface area (Å²) in [6.45, 7) is 3.97. The van der Waals surface area contributed by atoms with Crippen LogP contribution < -0.4 is 9.64 Å². The summed E-state index contributed by atoms with van der Waals surface area (Å²) < 4.78 is 11.0. The monoisotopic (exact) mass is 335 g/mol. The van der Waals surface area contributed by atoms with Crippen LogP contribution in [0.1, 0.15) is 18.4 Å². The normalized spacial score (nSPS) is 16.5. The number of anilines is 1. The molecule has 25 heavy (non-hydrogen) atoms. The number of carbonyl (C=O) groups excluding carboxylic acids is 1. The number of aryl methyl sites for hydroxylation is 1. The molecule has 0 N–H and O–H groups in total. The zero-order chi connectivity index (χ0) is 17.4. The molecule has 0 aliphatic carbocycles. The van der Waals surface area contributed by atoms with Crippen molar-refractivity contribution in [2.45, 2.75) is 26.5 Å². The van der Waals surface area contributed by atoms with Gasteiger partial charge in [-0.2, -0.15) is 4.98 Å². The maximum absolute atomic E-state index is 12.5. The summed E-state index contributed by atoms with van der Waals surface area (Å²) in [5, 5.41) is 4.03. The van der Waals surface area contributed by atoms with Crippen LogP contribution in [-0.2, 0) is 11.3 Å². The molecular formula is C19H17N3O3. The SMILES string of the molecule is Cc1ccc(-c2noc(CN3C(=O)[C@@H](C)Oc4ccccc43)n2)cc1. The van der Waals surface area contributed by atoms with Crippen LogP contribution in [-0.4, -0.2) is 22.2 Å². The van der Waals surface area contributed by atoms with Gasteiger partial charge in [-0.05, 0) is 26.0 Å². The minimum atomic E-state index is -0.547. The van der Waals surface area contributed by atoms with Crippen molar-refractivity contribution in [2.75, 3.05) is 4.90 Å². The number of nitrogens with zero attached hydrogens (tertiary/aromatic N) is 3. The number of hydrogen-bond acceptors (Lipinski definition) is 5. The number of rotatable bonds is 3. The van der Waals surface area contributed by atoms with Gasteiger partial charge in [0.2, 0.25) is 11.7 Å². The Hall–Kier alpha value is -3.15. The molecule has 4 rings (SSSR count). The van der Waals surface area contributed by atoms with Crippen molar-refractivity contribution in [3.8, 4) is 17.1 Å². The fourth-order valence-electron chi connectivity index (χ4n) is 2.80. The first kappa shape index (κ1) is 15.4. The van der Waals surface area contributed by atoms with Gasteiger partial charge in [0.15, 0.2) is 6.10 Å². The highest BCUT2D eigenvalue weighted by molar-refractivity contribution is 5.99. The Kier molecular flexibility index (Phi) is 3.72. The van der Waals surface area contributed by atoms with Crippen LogP contribution in [0.25, 0.3) is 11.4 Å². The van der Waals surface area contributed by atoms with Gasteiger partial charge < -0.3 is 9.26 Å². The van der Waals surface area contributed by atoms with Crippen LogP contribution in [0.3, 0.4) is 0 Å². The Morgan fingerprint density at radius 3 is 2.68 bits per heavy atom. The maximum Gasteiger partial charge on any atom is 0.268 e. The van der Waals surface area contributed by atoms with Crippen molar-refractivity contribution in [3.05, 3.63) is 60.0 Å². The fourth-order valence-corrected chi connectivity index (χ4v) is 2.80. The van der Waals surface area contributed by atoms with Gasteiger partial charge in [0.05, 0.1) is 5.69 Å². The number of amides is 1. The minimum Gasteiger partial charge on any atom is -0.479 e. The average molecular weight is 335 g/mol. The third kappa shape index (κ3) is 2.87. The second kappa shape index (κ2) is 6.05. The lowest BCUT2D eigenvalue weighted by atomic mass is 10.1. The number of para-hydroxylation sites is 2. The van der Waals surface area contributed by atoms with Crippen molar-refractivity contribution in [2.24, 2.45) is 0 Å². The third-order valence-corrected chi connectivity index (χ3v) is 4.14. The predicted octanol–water partition coefficient (Wildman–Crippen LogP) is 3.36. The fraction of sp³-hybridized carbons (Fsp3) is 0.211. The lowest BCUT2D eigenvalue weighted by molar-refractivity contribution is -0.125. The van der Waals surface area contributed by atoms with E-state index in [0.29, 0.717) is 23.2 Å². The van der Waals surface area contributed by atoms with Crippen molar-refractivity contribution >= 4 is 11.6 Å². The second-order valence-electron chi connectivity index (χ2n) is 6.03. The smallest absolute Gasteiger partial charge is 0.268 e. The molecule has 6 heteroatoms. The van der Waals surface area contributed by atoms with E-state index in [1.807, 2.05) is 55.5 Å². The molecule has 1 amide bonds. The standard InChI is InChI=1S/C19H17N3O3/c1-12-7-9-14(10-8-12)18-20-17(25-21-18)11-22-15-5-3-4-6-16(15)24-13(2)19(22)23/h3-10,13H,11H2,1-2H3/t13-/m1/s1. The van der Waals surface area contributed by atoms with Crippen molar-refractivity contribution in [3.63, 3.8) is 0 Å². The van der Waals surface area contributed by atoms with Gasteiger partial charge in [-0.15, -0.1) is 0 Å². The van der Waals surface area contributed by atoms with E-state index in [4.69, 9.17) is 9.26 Å². The Morgan fingerprint density at radius 1 is 1.12 bits per heavy atom. The van der Waals surface area contributed by atoms with Gasteiger partial charge in [-0.25, -0.2) is 0 Å². The molecule has 1 aromatic heterocycles. The zero-order valence-electron chi connectivity index (χ0n) is 14.0. The quantitative estimate of drug-likeness (QED) is 0.734. The predicted molar refractivity (Wildman–Crippen MR) is 92.2 cm³/mol. The van der Waals surface area contributed by atoms with Gasteiger partial charge in [-0.3, -0.25) is 9.69 Å². The molecule has 0 spiro atoms. The van der Waals surface area contributed by atoms with Gasteiger partial charge in [0.25, 0.3) is 5.91 Å². The molecule has 1 atom stereocenters. The highest BCUT2D eigenvalue weighted by Gasteiger charge is 2.32. The number of aromatic nitrogens is 2. The summed E-state index contributed by atoms with van der Waals surface area (Å²) >= 11 is 0. The largest absolute Gasteiger partial charge is 0.479 e. The van der Waals surface area contributed by atoms with Crippen LogP contribution in [0.15, 0.2) is 53.1 Å². The molecule has 0 saturated heterocycles. The van der Waals surface area contributed by atoms with E-state index in [9.17, 15) is 4.79 Å². The van der Waals surface area contributed by atoms with E-state index in [0.717, 1.165) is 11.1 Å². The van der Waals surface area contributed by atoms with E-state index < -0.39 is 6.10 Å². The summed E-state index contributed by atoms with van der Waals surface area (Å²) in [5.41, 5.74) is 2.75. The molecule has 2 heterocycles. The number of benzene rings is 2. The number of fused-ring (bicyclic) bond motifs is 1. The van der Waals surface area contributed by atoms with E-state index >= 15 is 0 Å². The summed E-state index contributed by atoms with van der Waals surface area (Å²) in [7, 11) is 0. The Bertz CT molecular complexity index is 918. The topological polar surface area (TPSA) is 68.5 Å². The highest BCUT2D eigenvalue weighted by atomic mass is 16.5. The maximum atomic E-state index is 12.5. The molecule has 6 nitrogen and oxygen atoms in total. The van der Waals surface area contributed by atoms with Gasteiger partial charge in [-0.1, -0.05) is 47.1 Å². The molecule has 0 fully saturated rings. The molecule has 0 bridgehead atoms. The highest BCUT2D eigenvalue weighted by Crippen LogP contribution is 2.34. The lowest BCUT2D eigenvalue weighted by Gasteiger charge is -2.31.